The summed E-state index contributed by atoms with van der Waals surface area (Å²) in [7, 11) is 1.87. The molecule has 1 N–H and O–H groups in total. The zero-order chi connectivity index (χ0) is 20.1. The van der Waals surface area contributed by atoms with Gasteiger partial charge in [-0.2, -0.15) is 0 Å². The third kappa shape index (κ3) is 5.41. The van der Waals surface area contributed by atoms with Crippen molar-refractivity contribution in [3.63, 3.8) is 0 Å². The number of benzene rings is 2. The first kappa shape index (κ1) is 22.3. The molecular formula is C24H30IN5. The first-order valence-corrected chi connectivity index (χ1v) is 10.3. The number of likely N-dealkylation sites (tertiary alicyclic amines) is 1. The molecule has 1 aliphatic heterocycles. The number of nitrogens with one attached hydrogen (secondary N) is 1. The number of rotatable bonds is 5. The Labute approximate surface area is 196 Å². The van der Waals surface area contributed by atoms with Crippen LogP contribution in [0.15, 0.2) is 72.0 Å². The molecule has 2 heterocycles. The number of hydrogen-bond donors (Lipinski definition) is 1. The number of hydrogen-bond acceptors (Lipinski definition) is 2. The smallest absolute Gasteiger partial charge is 0.193 e. The van der Waals surface area contributed by atoms with Gasteiger partial charge in [0.2, 0.25) is 0 Å². The maximum absolute atomic E-state index is 4.53. The first-order chi connectivity index (χ1) is 14.2. The number of aliphatic imine (C=N–C) groups is 1. The summed E-state index contributed by atoms with van der Waals surface area (Å²) in [6, 6.07) is 19.5. The fraction of sp³-hybridized carbons (Fsp3) is 0.333. The summed E-state index contributed by atoms with van der Waals surface area (Å²) in [5.74, 6) is 2.60. The van der Waals surface area contributed by atoms with E-state index >= 15 is 0 Å². The van der Waals surface area contributed by atoms with Gasteiger partial charge in [-0.25, -0.2) is 4.98 Å². The molecule has 0 amide bonds. The van der Waals surface area contributed by atoms with Crippen molar-refractivity contribution in [3.8, 4) is 0 Å². The zero-order valence-electron chi connectivity index (χ0n) is 17.7. The number of guanidine groups is 1. The van der Waals surface area contributed by atoms with Crippen LogP contribution in [-0.4, -0.2) is 40.5 Å². The van der Waals surface area contributed by atoms with Gasteiger partial charge in [0.25, 0.3) is 0 Å². The summed E-state index contributed by atoms with van der Waals surface area (Å²) in [6.07, 6.45) is 5.05. The lowest BCUT2D eigenvalue weighted by atomic mass is 9.99. The van der Waals surface area contributed by atoms with Gasteiger partial charge in [0, 0.05) is 51.5 Å². The van der Waals surface area contributed by atoms with E-state index in [1.54, 1.807) is 0 Å². The molecule has 0 aliphatic carbocycles. The lowest BCUT2D eigenvalue weighted by Crippen LogP contribution is -2.39. The van der Waals surface area contributed by atoms with Gasteiger partial charge in [-0.05, 0) is 30.0 Å². The van der Waals surface area contributed by atoms with Crippen molar-refractivity contribution >= 4 is 29.9 Å². The van der Waals surface area contributed by atoms with Crippen LogP contribution in [0.4, 0.5) is 0 Å². The molecule has 4 rings (SSSR count). The van der Waals surface area contributed by atoms with Crippen molar-refractivity contribution in [1.29, 1.82) is 0 Å². The zero-order valence-corrected chi connectivity index (χ0v) is 20.0. The normalized spacial score (nSPS) is 16.4. The van der Waals surface area contributed by atoms with Gasteiger partial charge in [-0.1, -0.05) is 54.6 Å². The molecule has 0 saturated carbocycles. The number of aryl methyl sites for hydroxylation is 1. The van der Waals surface area contributed by atoms with Crippen molar-refractivity contribution in [2.45, 2.75) is 32.4 Å². The minimum atomic E-state index is 0. The predicted molar refractivity (Wildman–Crippen MR) is 133 cm³/mol. The minimum Gasteiger partial charge on any atom is -0.352 e. The second-order valence-electron chi connectivity index (χ2n) is 7.67. The molecule has 0 radical (unpaired) electrons. The molecule has 158 valence electrons. The third-order valence-corrected chi connectivity index (χ3v) is 5.69. The molecule has 1 atom stereocenters. The van der Waals surface area contributed by atoms with E-state index < -0.39 is 0 Å². The molecule has 6 heteroatoms. The summed E-state index contributed by atoms with van der Waals surface area (Å²) < 4.78 is 2.17. The molecule has 1 fully saturated rings. The molecule has 1 aliphatic rings. The largest absolute Gasteiger partial charge is 0.352 e. The second kappa shape index (κ2) is 10.6. The third-order valence-electron chi connectivity index (χ3n) is 5.69. The molecule has 0 spiro atoms. The summed E-state index contributed by atoms with van der Waals surface area (Å²) >= 11 is 0. The van der Waals surface area contributed by atoms with Gasteiger partial charge in [0.15, 0.2) is 5.96 Å². The summed E-state index contributed by atoms with van der Waals surface area (Å²) in [6.45, 7) is 5.71. The summed E-state index contributed by atoms with van der Waals surface area (Å²) in [4.78, 5) is 11.2. The molecule has 5 nitrogen and oxygen atoms in total. The molecule has 1 saturated heterocycles. The number of nitrogens with zero attached hydrogens (tertiary/aromatic N) is 4. The highest BCUT2D eigenvalue weighted by Gasteiger charge is 2.25. The lowest BCUT2D eigenvalue weighted by Gasteiger charge is -2.22. The molecular weight excluding hydrogens is 485 g/mol. The van der Waals surface area contributed by atoms with Crippen LogP contribution in [0.25, 0.3) is 0 Å². The highest BCUT2D eigenvalue weighted by molar-refractivity contribution is 14.0. The van der Waals surface area contributed by atoms with Gasteiger partial charge in [0.1, 0.15) is 5.82 Å². The maximum Gasteiger partial charge on any atom is 0.193 e. The van der Waals surface area contributed by atoms with E-state index in [9.17, 15) is 0 Å². The quantitative estimate of drug-likeness (QED) is 0.311. The van der Waals surface area contributed by atoms with Gasteiger partial charge in [-0.3, -0.25) is 4.99 Å². The van der Waals surface area contributed by atoms with Crippen LogP contribution in [0.2, 0.25) is 0 Å². The highest BCUT2D eigenvalue weighted by atomic mass is 127. The van der Waals surface area contributed by atoms with E-state index in [1.165, 1.54) is 23.1 Å². The summed E-state index contributed by atoms with van der Waals surface area (Å²) in [5.41, 5.74) is 3.97. The molecule has 3 aromatic rings. The van der Waals surface area contributed by atoms with Crippen molar-refractivity contribution in [2.24, 2.45) is 4.99 Å². The van der Waals surface area contributed by atoms with Gasteiger partial charge >= 0.3 is 0 Å². The van der Waals surface area contributed by atoms with Crippen molar-refractivity contribution < 1.29 is 0 Å². The monoisotopic (exact) mass is 515 g/mol. The van der Waals surface area contributed by atoms with Crippen LogP contribution < -0.4 is 5.32 Å². The van der Waals surface area contributed by atoms with Crippen LogP contribution in [0.1, 0.15) is 34.9 Å². The van der Waals surface area contributed by atoms with E-state index in [2.05, 4.69) is 79.4 Å². The Hall–Kier alpha value is -2.35. The Morgan fingerprint density at radius 3 is 2.67 bits per heavy atom. The second-order valence-corrected chi connectivity index (χ2v) is 7.67. The maximum atomic E-state index is 4.53. The fourth-order valence-electron chi connectivity index (χ4n) is 4.07. The van der Waals surface area contributed by atoms with E-state index in [-0.39, 0.29) is 24.0 Å². The van der Waals surface area contributed by atoms with E-state index in [1.807, 2.05) is 26.4 Å². The molecule has 1 aromatic heterocycles. The SMILES string of the molecule is CN=C(NCc1cccc(Cn2ccnc2C)c1)N1CCC(c2ccccc2)C1.I. The molecule has 30 heavy (non-hydrogen) atoms. The van der Waals surface area contributed by atoms with E-state index in [4.69, 9.17) is 0 Å². The Kier molecular flexibility index (Phi) is 7.90. The van der Waals surface area contributed by atoms with Crippen LogP contribution in [0.3, 0.4) is 0 Å². The Bertz CT molecular complexity index is 966. The number of imidazole rings is 1. The van der Waals surface area contributed by atoms with Crippen LogP contribution in [-0.2, 0) is 13.1 Å². The van der Waals surface area contributed by atoms with Gasteiger partial charge in [-0.15, -0.1) is 24.0 Å². The highest BCUT2D eigenvalue weighted by Crippen LogP contribution is 2.26. The summed E-state index contributed by atoms with van der Waals surface area (Å²) in [5, 5.41) is 3.55. The average molecular weight is 515 g/mol. The average Bonchev–Trinajstić information content (AvgIpc) is 3.39. The predicted octanol–water partition coefficient (Wildman–Crippen LogP) is 4.42. The fourth-order valence-corrected chi connectivity index (χ4v) is 4.07. The van der Waals surface area contributed by atoms with Crippen molar-refractivity contribution in [3.05, 3.63) is 89.5 Å². The van der Waals surface area contributed by atoms with Crippen molar-refractivity contribution in [2.75, 3.05) is 20.1 Å². The standard InChI is InChI=1S/C24H29N5.HI/c1-19-26-12-14-28(19)17-21-8-6-7-20(15-21)16-27-24(25-2)29-13-11-23(18-29)22-9-4-3-5-10-22;/h3-10,12,14-15,23H,11,13,16-18H2,1-2H3,(H,25,27);1H. The van der Waals surface area contributed by atoms with Crippen LogP contribution >= 0.6 is 24.0 Å². The topological polar surface area (TPSA) is 45.5 Å². The Balaban J connectivity index is 0.00000256. The molecule has 0 bridgehead atoms. The Morgan fingerprint density at radius 1 is 1.13 bits per heavy atom. The molecule has 1 unspecified atom stereocenters. The van der Waals surface area contributed by atoms with E-state index in [0.717, 1.165) is 38.0 Å². The first-order valence-electron chi connectivity index (χ1n) is 10.3. The number of halogens is 1. The Morgan fingerprint density at radius 2 is 1.93 bits per heavy atom. The van der Waals surface area contributed by atoms with E-state index in [0.29, 0.717) is 5.92 Å². The van der Waals surface area contributed by atoms with Crippen LogP contribution in [0, 0.1) is 6.92 Å². The van der Waals surface area contributed by atoms with Gasteiger partial charge in [0.05, 0.1) is 0 Å². The molecule has 2 aromatic carbocycles. The van der Waals surface area contributed by atoms with Crippen molar-refractivity contribution in [1.82, 2.24) is 19.8 Å². The number of aromatic nitrogens is 2. The minimum absolute atomic E-state index is 0. The van der Waals surface area contributed by atoms with Gasteiger partial charge < -0.3 is 14.8 Å². The van der Waals surface area contributed by atoms with Crippen LogP contribution in [0.5, 0.6) is 0 Å². The lowest BCUT2D eigenvalue weighted by molar-refractivity contribution is 0.486.